The molecular formula is C52H50B3N3O9. The van der Waals surface area contributed by atoms with Crippen molar-refractivity contribution in [2.45, 2.75) is 88.4 Å². The smallest absolute Gasteiger partial charge is 0.457 e. The molecule has 0 saturated carbocycles. The van der Waals surface area contributed by atoms with Crippen LogP contribution in [0, 0.1) is 82.0 Å². The van der Waals surface area contributed by atoms with Crippen LogP contribution in [0.25, 0.3) is 14.5 Å². The lowest BCUT2D eigenvalue weighted by Gasteiger charge is -2.16. The van der Waals surface area contributed by atoms with Gasteiger partial charge in [-0.1, -0.05) is 12.1 Å². The van der Waals surface area contributed by atoms with Gasteiger partial charge in [-0.05, 0) is 213 Å². The second-order valence-electron chi connectivity index (χ2n) is 16.6. The zero-order chi connectivity index (χ0) is 52.9. The van der Waals surface area contributed by atoms with Crippen LogP contribution in [-0.4, -0.2) is 36.4 Å². The summed E-state index contributed by atoms with van der Waals surface area (Å²) >= 11 is 0. The van der Waals surface area contributed by atoms with Crippen molar-refractivity contribution in [3.63, 3.8) is 0 Å². The van der Waals surface area contributed by atoms with Crippen molar-refractivity contribution in [3.8, 4) is 34.5 Å². The van der Waals surface area contributed by atoms with E-state index in [-0.39, 0.29) is 11.1 Å². The van der Waals surface area contributed by atoms with Crippen LogP contribution in [0.3, 0.4) is 0 Å². The van der Waals surface area contributed by atoms with Crippen LogP contribution >= 0.6 is 0 Å². The van der Waals surface area contributed by atoms with Crippen molar-refractivity contribution in [2.75, 3.05) is 0 Å². The Hall–Kier alpha value is -6.86. The van der Waals surface area contributed by atoms with Crippen LogP contribution in [0.1, 0.15) is 86.6 Å². The third-order valence-corrected chi connectivity index (χ3v) is 11.6. The molecule has 3 aliphatic rings. The van der Waals surface area contributed by atoms with Gasteiger partial charge in [-0.25, -0.2) is 14.5 Å². The summed E-state index contributed by atoms with van der Waals surface area (Å²) in [6.07, 6.45) is -1.31. The minimum atomic E-state index is -2.06. The van der Waals surface area contributed by atoms with Gasteiger partial charge in [0.2, 0.25) is 0 Å². The summed E-state index contributed by atoms with van der Waals surface area (Å²) in [7, 11) is -3.63. The fourth-order valence-corrected chi connectivity index (χ4v) is 7.88. The summed E-state index contributed by atoms with van der Waals surface area (Å²) in [5.74, 6) is 3.47. The zero-order valence-electron chi connectivity index (χ0n) is 43.8. The van der Waals surface area contributed by atoms with Crippen LogP contribution in [0.4, 0.5) is 17.1 Å². The average Bonchev–Trinajstić information content (AvgIpc) is 3.79. The summed E-state index contributed by atoms with van der Waals surface area (Å²) in [6, 6.07) is 20.8. The van der Waals surface area contributed by atoms with Crippen LogP contribution < -0.4 is 30.6 Å². The molecule has 1 unspecified atom stereocenters. The number of hydrogen-bond donors (Lipinski definition) is 3. The Morgan fingerprint density at radius 3 is 1.57 bits per heavy atom. The maximum absolute atomic E-state index is 9.95. The van der Waals surface area contributed by atoms with E-state index in [1.54, 1.807) is 74.5 Å². The Balaban J connectivity index is 0.000000158. The highest BCUT2D eigenvalue weighted by Crippen LogP contribution is 2.38. The summed E-state index contributed by atoms with van der Waals surface area (Å²) < 4.78 is 73.0. The molecule has 12 nitrogen and oxygen atoms in total. The van der Waals surface area contributed by atoms with E-state index in [9.17, 15) is 15.1 Å². The van der Waals surface area contributed by atoms with Gasteiger partial charge in [-0.2, -0.15) is 0 Å². The molecular weight excluding hydrogens is 843 g/mol. The summed E-state index contributed by atoms with van der Waals surface area (Å²) in [4.78, 5) is 10.4. The first kappa shape index (κ1) is 41.6. The second-order valence-corrected chi connectivity index (χ2v) is 16.6. The number of benzene rings is 6. The molecule has 336 valence electrons. The molecule has 0 fully saturated rings. The number of hydrogen-bond acceptors (Lipinski definition) is 9. The van der Waals surface area contributed by atoms with Gasteiger partial charge in [0.25, 0.3) is 0 Å². The van der Waals surface area contributed by atoms with Crippen LogP contribution in [-0.2, 0) is 27.1 Å². The first-order valence-corrected chi connectivity index (χ1v) is 21.2. The molecule has 0 saturated heterocycles. The number of fused-ring (bicyclic) bond motifs is 3. The predicted molar refractivity (Wildman–Crippen MR) is 262 cm³/mol. The molecule has 0 bridgehead atoms. The van der Waals surface area contributed by atoms with Gasteiger partial charge < -0.3 is 43.2 Å². The molecule has 0 amide bonds. The lowest BCUT2D eigenvalue weighted by atomic mass is 9.76. The molecule has 67 heavy (non-hydrogen) atoms. The zero-order valence-corrected chi connectivity index (χ0v) is 38.8. The summed E-state index contributed by atoms with van der Waals surface area (Å²) in [5, 5.41) is 29.7. The lowest BCUT2D eigenvalue weighted by Crippen LogP contribution is -2.30. The van der Waals surface area contributed by atoms with Crippen LogP contribution in [0.15, 0.2) is 72.8 Å². The first-order valence-electron chi connectivity index (χ1n) is 23.7. The van der Waals surface area contributed by atoms with E-state index in [1.807, 2.05) is 67.5 Å². The maximum atomic E-state index is 9.95. The van der Waals surface area contributed by atoms with E-state index in [1.165, 1.54) is 0 Å². The van der Waals surface area contributed by atoms with Gasteiger partial charge in [0.1, 0.15) is 34.5 Å². The number of nitrogens with zero attached hydrogens (tertiary/aromatic N) is 3. The van der Waals surface area contributed by atoms with Crippen LogP contribution in [0.5, 0.6) is 34.5 Å². The Morgan fingerprint density at radius 2 is 1.01 bits per heavy atom. The molecule has 1 atom stereocenters. The minimum absolute atomic E-state index is 0.266. The first-order chi connectivity index (χ1) is 33.7. The van der Waals surface area contributed by atoms with Crippen molar-refractivity contribution >= 4 is 54.8 Å². The molecule has 6 aromatic rings. The molecule has 6 aromatic carbocycles. The van der Waals surface area contributed by atoms with Gasteiger partial charge >= 0.3 is 21.4 Å². The fraction of sp³-hybridized carbons (Fsp3) is 0.250. The third kappa shape index (κ3) is 10.1. The Labute approximate surface area is 400 Å². The number of rotatable bonds is 6. The fourth-order valence-electron chi connectivity index (χ4n) is 7.88. The summed E-state index contributed by atoms with van der Waals surface area (Å²) in [5.41, 5.74) is 11.7. The van der Waals surface area contributed by atoms with Gasteiger partial charge in [0.15, 0.2) is 17.1 Å². The molecule has 3 heterocycles. The molecule has 3 aliphatic heterocycles. The quantitative estimate of drug-likeness (QED) is 0.111. The van der Waals surface area contributed by atoms with E-state index in [4.69, 9.17) is 54.7 Å². The SMILES string of the molecule is [2H]C1(C)OB(O)c2ccc(Oc3cc(C)c([N+]#[C-])cc3C)c(C)c21.[2H]C1([2H])OB(O)c2c(C)cc(Oc3cc(C)c([N+]#[C-])cc3C)cc21.[2H]C1([2H])OB(O)c2cc(C)c(Oc3cc(C)c([N+]#[C-])cc3C)cc21. The van der Waals surface area contributed by atoms with Gasteiger partial charge in [-0.3, -0.25) is 0 Å². The topological polar surface area (TPSA) is 129 Å². The lowest BCUT2D eigenvalue weighted by molar-refractivity contribution is 0.208. The van der Waals surface area contributed by atoms with Crippen LogP contribution in [0.2, 0.25) is 0 Å². The predicted octanol–water partition coefficient (Wildman–Crippen LogP) is 10.1. The van der Waals surface area contributed by atoms with E-state index >= 15 is 0 Å². The van der Waals surface area contributed by atoms with E-state index < -0.39 is 40.6 Å². The summed E-state index contributed by atoms with van der Waals surface area (Å²) in [6.45, 7) is 35.6. The minimum Gasteiger partial charge on any atom is -0.457 e. The molecule has 9 rings (SSSR count). The van der Waals surface area contributed by atoms with E-state index in [0.29, 0.717) is 79.1 Å². The molecule has 0 radical (unpaired) electrons. The van der Waals surface area contributed by atoms with E-state index in [0.717, 1.165) is 44.5 Å². The Morgan fingerprint density at radius 1 is 0.537 bits per heavy atom. The third-order valence-electron chi connectivity index (χ3n) is 11.6. The largest absolute Gasteiger partial charge is 0.492 e. The van der Waals surface area contributed by atoms with Crippen molar-refractivity contribution in [3.05, 3.63) is 174 Å². The van der Waals surface area contributed by atoms with Crippen molar-refractivity contribution in [1.29, 1.82) is 0 Å². The van der Waals surface area contributed by atoms with Crippen molar-refractivity contribution in [2.24, 2.45) is 0 Å². The molecule has 0 aliphatic carbocycles. The average molecular weight is 898 g/mol. The van der Waals surface area contributed by atoms with Crippen molar-refractivity contribution < 1.29 is 50.1 Å². The van der Waals surface area contributed by atoms with Gasteiger partial charge in [-0.15, -0.1) is 0 Å². The standard InChI is InChI=1S/C18H18BNO3.2C17H16BNO3/c1-10-9-17(11(2)8-15(10)20-5)22-16-7-6-14-18(12(16)3)13(4)23-19(14)21;1-10-7-16(11(2)6-15(10)19-4)22-14-5-12(3)17-13(8-14)9-21-18(17)20;1-10-7-16(12(3)6-15(10)19-4)22-17-8-13-9-21-18(20)14(13)5-11(17)2/h6-9,13,21H,1-4H3;2*5-8,20H,9H2,1-3H3/i13D;2*9D2. The highest BCUT2D eigenvalue weighted by molar-refractivity contribution is 6.62. The Kier molecular flexibility index (Phi) is 12.4. The Bertz CT molecular complexity index is 3250. The van der Waals surface area contributed by atoms with E-state index in [2.05, 4.69) is 14.5 Å². The van der Waals surface area contributed by atoms with Crippen molar-refractivity contribution in [1.82, 2.24) is 0 Å². The highest BCUT2D eigenvalue weighted by atomic mass is 16.5. The van der Waals surface area contributed by atoms with Gasteiger partial charge in [0.05, 0.1) is 45.8 Å². The molecule has 0 aromatic heterocycles. The molecule has 0 spiro atoms. The number of ether oxygens (including phenoxy) is 3. The highest BCUT2D eigenvalue weighted by Gasteiger charge is 2.35. The van der Waals surface area contributed by atoms with Gasteiger partial charge in [0, 0.05) is 0 Å². The normalized spacial score (nSPS) is 17.8. The maximum Gasteiger partial charge on any atom is 0.492 e. The monoisotopic (exact) mass is 898 g/mol. The number of aryl methyl sites for hydroxylation is 8. The second kappa shape index (κ2) is 19.9. The molecule has 15 heteroatoms. The molecule has 3 N–H and O–H groups in total.